The Bertz CT molecular complexity index is 912. The highest BCUT2D eigenvalue weighted by Gasteiger charge is 2.20. The van der Waals surface area contributed by atoms with E-state index in [2.05, 4.69) is 15.5 Å². The largest absolute Gasteiger partial charge is 0.469 e. The van der Waals surface area contributed by atoms with Gasteiger partial charge in [0.1, 0.15) is 11.6 Å². The first-order valence-electron chi connectivity index (χ1n) is 7.24. The number of carbonyl (C=O) groups excluding carboxylic acids is 1. The van der Waals surface area contributed by atoms with Crippen LogP contribution in [-0.2, 0) is 4.79 Å². The van der Waals surface area contributed by atoms with E-state index >= 15 is 0 Å². The fourth-order valence-corrected chi connectivity index (χ4v) is 2.90. The lowest BCUT2D eigenvalue weighted by atomic mass is 10.3. The Morgan fingerprint density at radius 1 is 1.36 bits per heavy atom. The Morgan fingerprint density at radius 3 is 2.84 bits per heavy atom. The van der Waals surface area contributed by atoms with Crippen LogP contribution in [-0.4, -0.2) is 21.4 Å². The molecule has 0 saturated heterocycles. The van der Waals surface area contributed by atoms with Crippen molar-refractivity contribution in [3.63, 3.8) is 0 Å². The van der Waals surface area contributed by atoms with Gasteiger partial charge in [0.05, 0.1) is 27.8 Å². The van der Waals surface area contributed by atoms with Gasteiger partial charge >= 0.3 is 0 Å². The molecule has 0 saturated carbocycles. The van der Waals surface area contributed by atoms with E-state index in [0.29, 0.717) is 22.9 Å². The van der Waals surface area contributed by atoms with Crippen molar-refractivity contribution in [3.05, 3.63) is 47.1 Å². The van der Waals surface area contributed by atoms with Crippen molar-refractivity contribution < 1.29 is 18.0 Å². The number of aryl methyl sites for hydroxylation is 1. The van der Waals surface area contributed by atoms with Gasteiger partial charge in [0.25, 0.3) is 11.1 Å². The molecule has 1 atom stereocenters. The van der Waals surface area contributed by atoms with Crippen molar-refractivity contribution in [2.45, 2.75) is 24.3 Å². The van der Waals surface area contributed by atoms with Crippen LogP contribution in [0.2, 0.25) is 5.02 Å². The van der Waals surface area contributed by atoms with Crippen molar-refractivity contribution in [2.75, 3.05) is 5.32 Å². The normalized spacial score (nSPS) is 12.2. The number of aromatic nitrogens is 2. The fraction of sp³-hybridized carbons (Fsp3) is 0.188. The summed E-state index contributed by atoms with van der Waals surface area (Å²) in [4.78, 5) is 12.3. The third-order valence-corrected chi connectivity index (χ3v) is 4.58. The maximum atomic E-state index is 13.0. The molecule has 3 aromatic rings. The molecule has 3 rings (SSSR count). The van der Waals surface area contributed by atoms with Crippen molar-refractivity contribution in [2.24, 2.45) is 0 Å². The molecule has 1 N–H and O–H groups in total. The monoisotopic (exact) mass is 381 g/mol. The number of furan rings is 1. The smallest absolute Gasteiger partial charge is 0.277 e. The second kappa shape index (κ2) is 7.28. The van der Waals surface area contributed by atoms with Crippen LogP contribution < -0.4 is 5.32 Å². The van der Waals surface area contributed by atoms with E-state index in [9.17, 15) is 9.18 Å². The molecule has 0 fully saturated rings. The van der Waals surface area contributed by atoms with Gasteiger partial charge in [-0.25, -0.2) is 4.39 Å². The number of amides is 1. The minimum Gasteiger partial charge on any atom is -0.469 e. The van der Waals surface area contributed by atoms with Gasteiger partial charge in [-0.15, -0.1) is 10.2 Å². The van der Waals surface area contributed by atoms with Crippen molar-refractivity contribution in [1.82, 2.24) is 10.2 Å². The van der Waals surface area contributed by atoms with E-state index < -0.39 is 11.1 Å². The summed E-state index contributed by atoms with van der Waals surface area (Å²) in [6.45, 7) is 3.47. The van der Waals surface area contributed by atoms with Gasteiger partial charge in [0, 0.05) is 0 Å². The van der Waals surface area contributed by atoms with Gasteiger partial charge in [-0.3, -0.25) is 4.79 Å². The molecular formula is C16H13ClFN3O3S. The summed E-state index contributed by atoms with van der Waals surface area (Å²) in [7, 11) is 0. The second-order valence-corrected chi connectivity index (χ2v) is 6.84. The summed E-state index contributed by atoms with van der Waals surface area (Å²) < 4.78 is 23.8. The maximum Gasteiger partial charge on any atom is 0.277 e. The molecular weight excluding hydrogens is 369 g/mol. The quantitative estimate of drug-likeness (QED) is 0.653. The summed E-state index contributed by atoms with van der Waals surface area (Å²) >= 11 is 7.01. The van der Waals surface area contributed by atoms with E-state index in [1.807, 2.05) is 0 Å². The number of thioether (sulfide) groups is 1. The molecule has 0 aliphatic heterocycles. The lowest BCUT2D eigenvalue weighted by molar-refractivity contribution is -0.115. The molecule has 1 amide bonds. The number of hydrogen-bond acceptors (Lipinski definition) is 6. The van der Waals surface area contributed by atoms with Gasteiger partial charge in [-0.2, -0.15) is 0 Å². The van der Waals surface area contributed by atoms with Gasteiger partial charge in [0.2, 0.25) is 5.91 Å². The molecule has 2 heterocycles. The van der Waals surface area contributed by atoms with Crippen molar-refractivity contribution in [3.8, 4) is 11.5 Å². The Balaban J connectivity index is 1.66. The highest BCUT2D eigenvalue weighted by atomic mass is 35.5. The Labute approximate surface area is 151 Å². The number of halogens is 2. The molecule has 25 heavy (non-hydrogen) atoms. The van der Waals surface area contributed by atoms with E-state index in [1.54, 1.807) is 19.9 Å². The first-order chi connectivity index (χ1) is 11.9. The van der Waals surface area contributed by atoms with Crippen LogP contribution in [0.25, 0.3) is 11.5 Å². The summed E-state index contributed by atoms with van der Waals surface area (Å²) in [5, 5.41) is 10.4. The number of benzene rings is 1. The third-order valence-electron chi connectivity index (χ3n) is 3.33. The van der Waals surface area contributed by atoms with Crippen LogP contribution in [0.1, 0.15) is 12.7 Å². The van der Waals surface area contributed by atoms with Gasteiger partial charge < -0.3 is 14.2 Å². The van der Waals surface area contributed by atoms with Gasteiger partial charge in [-0.05, 0) is 38.1 Å². The molecule has 9 heteroatoms. The Kier molecular flexibility index (Phi) is 5.10. The Morgan fingerprint density at radius 2 is 2.16 bits per heavy atom. The number of anilines is 1. The van der Waals surface area contributed by atoms with E-state index in [1.165, 1.54) is 18.4 Å². The number of nitrogens with one attached hydrogen (secondary N) is 1. The molecule has 6 nitrogen and oxygen atoms in total. The van der Waals surface area contributed by atoms with E-state index in [-0.39, 0.29) is 16.2 Å². The number of carbonyl (C=O) groups is 1. The molecule has 0 spiro atoms. The van der Waals surface area contributed by atoms with Crippen LogP contribution in [0.3, 0.4) is 0 Å². The van der Waals surface area contributed by atoms with E-state index in [4.69, 9.17) is 20.4 Å². The zero-order valence-corrected chi connectivity index (χ0v) is 14.8. The van der Waals surface area contributed by atoms with Crippen LogP contribution in [0.4, 0.5) is 10.1 Å². The highest BCUT2D eigenvalue weighted by molar-refractivity contribution is 8.00. The molecule has 1 aromatic carbocycles. The summed E-state index contributed by atoms with van der Waals surface area (Å²) in [5.74, 6) is 0.191. The highest BCUT2D eigenvalue weighted by Crippen LogP contribution is 2.29. The molecule has 0 radical (unpaired) electrons. The number of hydrogen-bond donors (Lipinski definition) is 1. The zero-order chi connectivity index (χ0) is 18.0. The van der Waals surface area contributed by atoms with Gasteiger partial charge in [-0.1, -0.05) is 23.4 Å². The Hall–Kier alpha value is -2.32. The summed E-state index contributed by atoms with van der Waals surface area (Å²) in [5.41, 5.74) is 1.04. The molecule has 130 valence electrons. The van der Waals surface area contributed by atoms with Gasteiger partial charge in [0.15, 0.2) is 0 Å². The molecule has 0 aliphatic carbocycles. The second-order valence-electron chi connectivity index (χ2n) is 5.14. The standard InChI is InChI=1S/C16H13ClFN3O3S/c1-8-11(5-6-23-8)15-20-21-16(24-15)25-9(2)14(22)19-13-4-3-10(18)7-12(13)17/h3-7,9H,1-2H3,(H,19,22)/t9-/m0/s1. The fourth-order valence-electron chi connectivity index (χ4n) is 2.00. The molecule has 0 aliphatic rings. The predicted molar refractivity (Wildman–Crippen MR) is 92.1 cm³/mol. The molecule has 2 aromatic heterocycles. The maximum absolute atomic E-state index is 13.0. The number of rotatable bonds is 5. The van der Waals surface area contributed by atoms with Crippen molar-refractivity contribution in [1.29, 1.82) is 0 Å². The first kappa shape index (κ1) is 17.5. The van der Waals surface area contributed by atoms with Crippen LogP contribution in [0.5, 0.6) is 0 Å². The topological polar surface area (TPSA) is 81.2 Å². The average Bonchev–Trinajstić information content (AvgIpc) is 3.18. The van der Waals surface area contributed by atoms with Crippen LogP contribution >= 0.6 is 23.4 Å². The van der Waals surface area contributed by atoms with Crippen LogP contribution in [0.15, 0.2) is 44.6 Å². The SMILES string of the molecule is Cc1occc1-c1nnc(S[C@@H](C)C(=O)Nc2ccc(F)cc2Cl)o1. The summed E-state index contributed by atoms with van der Waals surface area (Å²) in [6, 6.07) is 5.48. The average molecular weight is 382 g/mol. The first-order valence-corrected chi connectivity index (χ1v) is 8.50. The zero-order valence-electron chi connectivity index (χ0n) is 13.2. The lowest BCUT2D eigenvalue weighted by Crippen LogP contribution is -2.22. The number of nitrogens with zero attached hydrogens (tertiary/aromatic N) is 2. The van der Waals surface area contributed by atoms with Crippen molar-refractivity contribution >= 4 is 35.0 Å². The van der Waals surface area contributed by atoms with Crippen LogP contribution in [0, 0.1) is 12.7 Å². The summed E-state index contributed by atoms with van der Waals surface area (Å²) in [6.07, 6.45) is 1.53. The van der Waals surface area contributed by atoms with E-state index in [0.717, 1.165) is 17.8 Å². The minimum absolute atomic E-state index is 0.126. The molecule has 0 bridgehead atoms. The molecule has 0 unspecified atom stereocenters. The lowest BCUT2D eigenvalue weighted by Gasteiger charge is -2.11. The predicted octanol–water partition coefficient (Wildman–Crippen LogP) is 4.55. The third kappa shape index (κ3) is 4.02. The minimum atomic E-state index is -0.528.